The van der Waals surface area contributed by atoms with E-state index in [1.807, 2.05) is 36.4 Å². The maximum absolute atomic E-state index is 12.0. The van der Waals surface area contributed by atoms with E-state index >= 15 is 0 Å². The highest BCUT2D eigenvalue weighted by molar-refractivity contribution is 7.80. The Morgan fingerprint density at radius 1 is 1.00 bits per heavy atom. The second-order valence-corrected chi connectivity index (χ2v) is 5.27. The van der Waals surface area contributed by atoms with Crippen LogP contribution in [0.2, 0.25) is 0 Å². The number of para-hydroxylation sites is 1. The van der Waals surface area contributed by atoms with Crippen LogP contribution >= 0.6 is 12.2 Å². The van der Waals surface area contributed by atoms with Crippen molar-refractivity contribution in [3.63, 3.8) is 0 Å². The molecule has 0 heterocycles. The van der Waals surface area contributed by atoms with E-state index in [9.17, 15) is 4.79 Å². The molecule has 0 bridgehead atoms. The van der Waals surface area contributed by atoms with Crippen LogP contribution in [0.1, 0.15) is 5.56 Å². The normalized spacial score (nSPS) is 9.75. The molecule has 24 heavy (non-hydrogen) atoms. The molecule has 0 radical (unpaired) electrons. The van der Waals surface area contributed by atoms with Crippen molar-refractivity contribution in [3.8, 4) is 11.5 Å². The number of hydrazine groups is 1. The maximum atomic E-state index is 12.0. The van der Waals surface area contributed by atoms with Gasteiger partial charge in [-0.2, -0.15) is 0 Å². The van der Waals surface area contributed by atoms with Gasteiger partial charge in [0.15, 0.2) is 16.6 Å². The number of thiocarbonyl (C=S) groups is 1. The highest BCUT2D eigenvalue weighted by Gasteiger charge is 2.08. The second kappa shape index (κ2) is 8.73. The average molecular weight is 345 g/mol. The van der Waals surface area contributed by atoms with Crippen LogP contribution in [0.5, 0.6) is 11.5 Å². The fourth-order valence-electron chi connectivity index (χ4n) is 2.03. The van der Waals surface area contributed by atoms with E-state index in [4.69, 9.17) is 21.7 Å². The van der Waals surface area contributed by atoms with Crippen molar-refractivity contribution in [3.05, 3.63) is 54.1 Å². The first-order valence-corrected chi connectivity index (χ1v) is 7.65. The van der Waals surface area contributed by atoms with Gasteiger partial charge in [-0.1, -0.05) is 24.3 Å². The predicted octanol–water partition coefficient (Wildman–Crippen LogP) is 2.26. The number of nitrogens with one attached hydrogen (secondary N) is 3. The molecule has 2 rings (SSSR count). The largest absolute Gasteiger partial charge is 0.493 e. The zero-order chi connectivity index (χ0) is 17.4. The lowest BCUT2D eigenvalue weighted by atomic mass is 10.1. The maximum Gasteiger partial charge on any atom is 0.242 e. The van der Waals surface area contributed by atoms with Gasteiger partial charge in [0.25, 0.3) is 0 Å². The van der Waals surface area contributed by atoms with Gasteiger partial charge in [-0.3, -0.25) is 15.6 Å². The summed E-state index contributed by atoms with van der Waals surface area (Å²) >= 11 is 5.12. The molecule has 2 aromatic rings. The monoisotopic (exact) mass is 345 g/mol. The van der Waals surface area contributed by atoms with Crippen LogP contribution in [0.25, 0.3) is 0 Å². The van der Waals surface area contributed by atoms with E-state index in [1.54, 1.807) is 26.4 Å². The quantitative estimate of drug-likeness (QED) is 0.570. The summed E-state index contributed by atoms with van der Waals surface area (Å²) in [6.45, 7) is 0. The standard InChI is InChI=1S/C17H19N3O3S/c1-22-14-9-8-12(10-15(14)23-2)11-16(21)19-20-17(24)18-13-6-4-3-5-7-13/h3-10H,11H2,1-2H3,(H,19,21)(H2,18,20,24). The fourth-order valence-corrected chi connectivity index (χ4v) is 2.20. The summed E-state index contributed by atoms with van der Waals surface area (Å²) in [7, 11) is 3.12. The summed E-state index contributed by atoms with van der Waals surface area (Å²) in [5.41, 5.74) is 6.86. The Morgan fingerprint density at radius 2 is 1.71 bits per heavy atom. The van der Waals surface area contributed by atoms with E-state index in [2.05, 4.69) is 16.2 Å². The molecule has 3 N–H and O–H groups in total. The third kappa shape index (κ3) is 5.13. The summed E-state index contributed by atoms with van der Waals surface area (Å²) in [6, 6.07) is 14.8. The summed E-state index contributed by atoms with van der Waals surface area (Å²) in [5, 5.41) is 3.27. The van der Waals surface area contributed by atoms with Crippen molar-refractivity contribution in [2.45, 2.75) is 6.42 Å². The summed E-state index contributed by atoms with van der Waals surface area (Å²) in [6.07, 6.45) is 0.182. The number of methoxy groups -OCH3 is 2. The van der Waals surface area contributed by atoms with Gasteiger partial charge in [0, 0.05) is 5.69 Å². The lowest BCUT2D eigenvalue weighted by Crippen LogP contribution is -2.44. The van der Waals surface area contributed by atoms with E-state index in [-0.39, 0.29) is 12.3 Å². The highest BCUT2D eigenvalue weighted by atomic mass is 32.1. The van der Waals surface area contributed by atoms with Crippen LogP contribution in [0.4, 0.5) is 5.69 Å². The number of anilines is 1. The molecule has 126 valence electrons. The van der Waals surface area contributed by atoms with Gasteiger partial charge in [-0.25, -0.2) is 0 Å². The molecular weight excluding hydrogens is 326 g/mol. The molecule has 0 saturated carbocycles. The Labute approximate surface area is 146 Å². The van der Waals surface area contributed by atoms with Gasteiger partial charge < -0.3 is 14.8 Å². The minimum absolute atomic E-state index is 0.182. The van der Waals surface area contributed by atoms with Crippen molar-refractivity contribution in [2.75, 3.05) is 19.5 Å². The topological polar surface area (TPSA) is 71.6 Å². The zero-order valence-corrected chi connectivity index (χ0v) is 14.3. The van der Waals surface area contributed by atoms with Crippen LogP contribution in [-0.4, -0.2) is 25.2 Å². The number of rotatable bonds is 5. The number of amides is 1. The van der Waals surface area contributed by atoms with Crippen LogP contribution in [0.3, 0.4) is 0 Å². The number of carbonyl (C=O) groups is 1. The summed E-state index contributed by atoms with van der Waals surface area (Å²) in [5.74, 6) is 0.976. The number of benzene rings is 2. The van der Waals surface area contributed by atoms with Gasteiger partial charge >= 0.3 is 0 Å². The molecule has 0 spiro atoms. The molecule has 7 heteroatoms. The number of carbonyl (C=O) groups excluding carboxylic acids is 1. The Balaban J connectivity index is 1.84. The van der Waals surface area contributed by atoms with Crippen molar-refractivity contribution < 1.29 is 14.3 Å². The van der Waals surface area contributed by atoms with Crippen LogP contribution in [0.15, 0.2) is 48.5 Å². The van der Waals surface area contributed by atoms with Gasteiger partial charge in [-0.15, -0.1) is 0 Å². The molecule has 2 aromatic carbocycles. The molecule has 6 nitrogen and oxygen atoms in total. The van der Waals surface area contributed by atoms with Crippen molar-refractivity contribution >= 4 is 28.9 Å². The molecule has 0 aliphatic rings. The third-order valence-corrected chi connectivity index (χ3v) is 3.36. The molecule has 0 aromatic heterocycles. The Bertz CT molecular complexity index is 707. The van der Waals surface area contributed by atoms with E-state index in [0.717, 1.165) is 11.3 Å². The van der Waals surface area contributed by atoms with Crippen LogP contribution in [0, 0.1) is 0 Å². The molecule has 0 atom stereocenters. The van der Waals surface area contributed by atoms with E-state index in [1.165, 1.54) is 0 Å². The van der Waals surface area contributed by atoms with Gasteiger partial charge in [-0.05, 0) is 42.0 Å². The zero-order valence-electron chi connectivity index (χ0n) is 13.5. The average Bonchev–Trinajstić information content (AvgIpc) is 2.60. The number of ether oxygens (including phenoxy) is 2. The molecular formula is C17H19N3O3S. The first kappa shape index (κ1) is 17.6. The SMILES string of the molecule is COc1ccc(CC(=O)NNC(=S)Nc2ccccc2)cc1OC. The fraction of sp³-hybridized carbons (Fsp3) is 0.176. The van der Waals surface area contributed by atoms with Gasteiger partial charge in [0.2, 0.25) is 5.91 Å². The van der Waals surface area contributed by atoms with Crippen LogP contribution in [-0.2, 0) is 11.2 Å². The first-order valence-electron chi connectivity index (χ1n) is 7.24. The Hall–Kier alpha value is -2.80. The van der Waals surface area contributed by atoms with E-state index in [0.29, 0.717) is 16.6 Å². The Kier molecular flexibility index (Phi) is 6.39. The van der Waals surface area contributed by atoms with Crippen molar-refractivity contribution in [1.29, 1.82) is 0 Å². The minimum Gasteiger partial charge on any atom is -0.493 e. The lowest BCUT2D eigenvalue weighted by molar-refractivity contribution is -0.120. The number of hydrogen-bond donors (Lipinski definition) is 3. The third-order valence-electron chi connectivity index (χ3n) is 3.16. The minimum atomic E-state index is -0.223. The lowest BCUT2D eigenvalue weighted by Gasteiger charge is -2.12. The molecule has 0 aliphatic heterocycles. The van der Waals surface area contributed by atoms with Crippen LogP contribution < -0.4 is 25.6 Å². The van der Waals surface area contributed by atoms with E-state index < -0.39 is 0 Å². The molecule has 0 fully saturated rings. The summed E-state index contributed by atoms with van der Waals surface area (Å²) < 4.78 is 10.4. The van der Waals surface area contributed by atoms with Gasteiger partial charge in [0.1, 0.15) is 0 Å². The second-order valence-electron chi connectivity index (χ2n) is 4.86. The molecule has 0 aliphatic carbocycles. The van der Waals surface area contributed by atoms with Crippen molar-refractivity contribution in [1.82, 2.24) is 10.9 Å². The number of hydrogen-bond acceptors (Lipinski definition) is 4. The Morgan fingerprint density at radius 3 is 2.38 bits per heavy atom. The van der Waals surface area contributed by atoms with Crippen molar-refractivity contribution in [2.24, 2.45) is 0 Å². The first-order chi connectivity index (χ1) is 11.6. The smallest absolute Gasteiger partial charge is 0.242 e. The highest BCUT2D eigenvalue weighted by Crippen LogP contribution is 2.27. The predicted molar refractivity (Wildman–Crippen MR) is 97.2 cm³/mol. The van der Waals surface area contributed by atoms with Gasteiger partial charge in [0.05, 0.1) is 20.6 Å². The summed E-state index contributed by atoms with van der Waals surface area (Å²) in [4.78, 5) is 12.0. The molecule has 1 amide bonds. The molecule has 0 unspecified atom stereocenters. The molecule has 0 saturated heterocycles.